The fourth-order valence-corrected chi connectivity index (χ4v) is 3.15. The van der Waals surface area contributed by atoms with E-state index in [4.69, 9.17) is 4.74 Å². The summed E-state index contributed by atoms with van der Waals surface area (Å²) in [6.45, 7) is 5.44. The maximum absolute atomic E-state index is 11.9. The molecule has 1 amide bonds. The Hall–Kier alpha value is -1.62. The average Bonchev–Trinajstić information content (AvgIpc) is 2.96. The molecule has 0 aromatic carbocycles. The van der Waals surface area contributed by atoms with E-state index in [1.807, 2.05) is 6.07 Å². The SMILES string of the molecule is C=CCNC(=O)[C@H](C)OC(=O)c1cc2c(s1)CCC2. The van der Waals surface area contributed by atoms with Gasteiger partial charge in [-0.05, 0) is 37.8 Å². The van der Waals surface area contributed by atoms with Crippen molar-refractivity contribution in [3.8, 4) is 0 Å². The van der Waals surface area contributed by atoms with Gasteiger partial charge < -0.3 is 10.1 Å². The minimum Gasteiger partial charge on any atom is -0.448 e. The number of rotatable bonds is 5. The van der Waals surface area contributed by atoms with Gasteiger partial charge in [-0.3, -0.25) is 4.79 Å². The number of nitrogens with one attached hydrogen (secondary N) is 1. The van der Waals surface area contributed by atoms with Crippen molar-refractivity contribution in [1.29, 1.82) is 0 Å². The highest BCUT2D eigenvalue weighted by Gasteiger charge is 2.22. The van der Waals surface area contributed by atoms with Crippen LogP contribution in [0.25, 0.3) is 0 Å². The number of esters is 1. The summed E-state index contributed by atoms with van der Waals surface area (Å²) in [5, 5.41) is 2.60. The van der Waals surface area contributed by atoms with Gasteiger partial charge in [0.05, 0.1) is 0 Å². The molecule has 0 spiro atoms. The highest BCUT2D eigenvalue weighted by Crippen LogP contribution is 2.31. The number of carbonyl (C=O) groups is 2. The van der Waals surface area contributed by atoms with Gasteiger partial charge in [-0.15, -0.1) is 17.9 Å². The van der Waals surface area contributed by atoms with E-state index in [1.165, 1.54) is 21.8 Å². The molecular weight excluding hydrogens is 262 g/mol. The first kappa shape index (κ1) is 13.8. The molecule has 0 bridgehead atoms. The maximum atomic E-state index is 11.9. The van der Waals surface area contributed by atoms with Crippen LogP contribution in [-0.4, -0.2) is 24.5 Å². The third kappa shape index (κ3) is 3.23. The third-order valence-electron chi connectivity index (χ3n) is 3.02. The topological polar surface area (TPSA) is 55.4 Å². The van der Waals surface area contributed by atoms with Crippen LogP contribution in [0, 0.1) is 0 Å². The molecule has 1 aromatic rings. The summed E-state index contributed by atoms with van der Waals surface area (Å²) in [5.74, 6) is -0.724. The van der Waals surface area contributed by atoms with Gasteiger partial charge >= 0.3 is 5.97 Å². The van der Waals surface area contributed by atoms with Crippen LogP contribution in [-0.2, 0) is 22.4 Å². The highest BCUT2D eigenvalue weighted by atomic mass is 32.1. The summed E-state index contributed by atoms with van der Waals surface area (Å²) in [6, 6.07) is 1.89. The Morgan fingerprint density at radius 1 is 1.58 bits per heavy atom. The van der Waals surface area contributed by atoms with Gasteiger partial charge in [0.2, 0.25) is 0 Å². The number of ether oxygens (including phenoxy) is 1. The van der Waals surface area contributed by atoms with Gasteiger partial charge in [0.25, 0.3) is 5.91 Å². The van der Waals surface area contributed by atoms with Gasteiger partial charge in [0, 0.05) is 11.4 Å². The number of aryl methyl sites for hydroxylation is 2. The van der Waals surface area contributed by atoms with Gasteiger partial charge in [-0.25, -0.2) is 4.79 Å². The quantitative estimate of drug-likeness (QED) is 0.663. The Bertz CT molecular complexity index is 485. The summed E-state index contributed by atoms with van der Waals surface area (Å²) in [4.78, 5) is 25.4. The van der Waals surface area contributed by atoms with Crippen molar-refractivity contribution >= 4 is 23.2 Å². The minimum absolute atomic E-state index is 0.308. The second-order valence-electron chi connectivity index (χ2n) is 4.49. The van der Waals surface area contributed by atoms with Gasteiger partial charge in [-0.1, -0.05) is 6.08 Å². The van der Waals surface area contributed by atoms with E-state index in [0.717, 1.165) is 19.3 Å². The molecule has 0 saturated carbocycles. The Balaban J connectivity index is 1.92. The zero-order valence-electron chi connectivity index (χ0n) is 10.9. The predicted octanol–water partition coefficient (Wildman–Crippen LogP) is 2.08. The van der Waals surface area contributed by atoms with E-state index in [2.05, 4.69) is 11.9 Å². The van der Waals surface area contributed by atoms with Crippen molar-refractivity contribution in [3.05, 3.63) is 34.0 Å². The molecule has 0 aliphatic heterocycles. The van der Waals surface area contributed by atoms with Gasteiger partial charge in [0.15, 0.2) is 6.10 Å². The second kappa shape index (κ2) is 6.02. The molecular formula is C14H17NO3S. The molecule has 2 rings (SSSR count). The third-order valence-corrected chi connectivity index (χ3v) is 4.24. The van der Waals surface area contributed by atoms with E-state index < -0.39 is 12.1 Å². The van der Waals surface area contributed by atoms with E-state index >= 15 is 0 Å². The number of carbonyl (C=O) groups excluding carboxylic acids is 2. The average molecular weight is 279 g/mol. The van der Waals surface area contributed by atoms with E-state index in [-0.39, 0.29) is 5.91 Å². The van der Waals surface area contributed by atoms with Gasteiger partial charge in [-0.2, -0.15) is 0 Å². The molecule has 1 aromatic heterocycles. The van der Waals surface area contributed by atoms with Crippen LogP contribution in [0.15, 0.2) is 18.7 Å². The zero-order chi connectivity index (χ0) is 13.8. The molecule has 1 aliphatic rings. The lowest BCUT2D eigenvalue weighted by Gasteiger charge is -2.11. The highest BCUT2D eigenvalue weighted by molar-refractivity contribution is 7.14. The standard InChI is InChI=1S/C14H17NO3S/c1-3-7-15-13(16)9(2)18-14(17)12-8-10-5-4-6-11(10)19-12/h3,8-9H,1,4-7H2,2H3,(H,15,16)/t9-/m0/s1. The van der Waals surface area contributed by atoms with Gasteiger partial charge in [0.1, 0.15) is 4.88 Å². The van der Waals surface area contributed by atoms with Crippen LogP contribution in [0.3, 0.4) is 0 Å². The Labute approximate surface area is 116 Å². The molecule has 0 fully saturated rings. The van der Waals surface area contributed by atoms with E-state index in [9.17, 15) is 9.59 Å². The first-order valence-corrected chi connectivity index (χ1v) is 7.14. The largest absolute Gasteiger partial charge is 0.448 e. The van der Waals surface area contributed by atoms with Crippen LogP contribution in [0.5, 0.6) is 0 Å². The molecule has 0 saturated heterocycles. The van der Waals surface area contributed by atoms with Crippen LogP contribution >= 0.6 is 11.3 Å². The fraction of sp³-hybridized carbons (Fsp3) is 0.429. The van der Waals surface area contributed by atoms with Crippen LogP contribution in [0.1, 0.15) is 33.5 Å². The smallest absolute Gasteiger partial charge is 0.349 e. The number of thiophene rings is 1. The van der Waals surface area contributed by atoms with Crippen molar-refractivity contribution in [2.75, 3.05) is 6.54 Å². The van der Waals surface area contributed by atoms with Crippen LogP contribution in [0.4, 0.5) is 0 Å². The normalized spacial score (nSPS) is 14.6. The maximum Gasteiger partial charge on any atom is 0.349 e. The monoisotopic (exact) mass is 279 g/mol. The number of fused-ring (bicyclic) bond motifs is 1. The van der Waals surface area contributed by atoms with Crippen molar-refractivity contribution in [2.24, 2.45) is 0 Å². The molecule has 4 nitrogen and oxygen atoms in total. The molecule has 0 radical (unpaired) electrons. The summed E-state index contributed by atoms with van der Waals surface area (Å²) in [6.07, 6.45) is 4.04. The van der Waals surface area contributed by atoms with E-state index in [0.29, 0.717) is 11.4 Å². The summed E-state index contributed by atoms with van der Waals surface area (Å²) >= 11 is 1.48. The molecule has 5 heteroatoms. The molecule has 19 heavy (non-hydrogen) atoms. The number of hydrogen-bond donors (Lipinski definition) is 1. The molecule has 102 valence electrons. The van der Waals surface area contributed by atoms with E-state index in [1.54, 1.807) is 13.0 Å². The lowest BCUT2D eigenvalue weighted by atomic mass is 10.2. The zero-order valence-corrected chi connectivity index (χ0v) is 11.7. The second-order valence-corrected chi connectivity index (χ2v) is 5.63. The summed E-state index contributed by atoms with van der Waals surface area (Å²) < 4.78 is 5.16. The molecule has 1 N–H and O–H groups in total. The molecule has 1 atom stereocenters. The lowest BCUT2D eigenvalue weighted by Crippen LogP contribution is -2.35. The van der Waals surface area contributed by atoms with Crippen LogP contribution < -0.4 is 5.32 Å². The molecule has 0 unspecified atom stereocenters. The predicted molar refractivity (Wildman–Crippen MR) is 74.4 cm³/mol. The van der Waals surface area contributed by atoms with Crippen LogP contribution in [0.2, 0.25) is 0 Å². The van der Waals surface area contributed by atoms with Crippen molar-refractivity contribution < 1.29 is 14.3 Å². The molecule has 1 aliphatic carbocycles. The minimum atomic E-state index is -0.788. The fourth-order valence-electron chi connectivity index (χ4n) is 2.02. The summed E-state index contributed by atoms with van der Waals surface area (Å²) in [7, 11) is 0. The van der Waals surface area contributed by atoms with Crippen molar-refractivity contribution in [3.63, 3.8) is 0 Å². The molecule has 1 heterocycles. The number of hydrogen-bond acceptors (Lipinski definition) is 4. The van der Waals surface area contributed by atoms with Crippen molar-refractivity contribution in [1.82, 2.24) is 5.32 Å². The Morgan fingerprint density at radius 3 is 3.05 bits per heavy atom. The first-order chi connectivity index (χ1) is 9.11. The lowest BCUT2D eigenvalue weighted by molar-refractivity contribution is -0.128. The first-order valence-electron chi connectivity index (χ1n) is 6.33. The number of amides is 1. The summed E-state index contributed by atoms with van der Waals surface area (Å²) in [5.41, 5.74) is 1.25. The van der Waals surface area contributed by atoms with Crippen molar-refractivity contribution in [2.45, 2.75) is 32.3 Å². The Morgan fingerprint density at radius 2 is 2.37 bits per heavy atom. The Kier molecular flexibility index (Phi) is 4.37.